The van der Waals surface area contributed by atoms with Crippen molar-refractivity contribution in [1.29, 1.82) is 0 Å². The Labute approximate surface area is 264 Å². The highest BCUT2D eigenvalue weighted by Crippen LogP contribution is 2.32. The van der Waals surface area contributed by atoms with Gasteiger partial charge in [0.05, 0.1) is 11.6 Å². The number of carbonyl (C=O) groups excluding carboxylic acids is 2. The molecule has 5 N–H and O–H groups in total. The van der Waals surface area contributed by atoms with Gasteiger partial charge in [-0.05, 0) is 82.7 Å². The molecule has 0 spiro atoms. The Balaban J connectivity index is 1.09. The molecule has 2 amide bonds. The Bertz CT molecular complexity index is 2250. The number of aromatic carboxylic acids is 1. The summed E-state index contributed by atoms with van der Waals surface area (Å²) in [7, 11) is 0. The van der Waals surface area contributed by atoms with Crippen molar-refractivity contribution in [2.45, 2.75) is 38.4 Å². The molecule has 0 saturated heterocycles. The Hall–Kier alpha value is -5.70. The lowest BCUT2D eigenvalue weighted by Crippen LogP contribution is -2.44. The van der Waals surface area contributed by atoms with Gasteiger partial charge in [0.15, 0.2) is 0 Å². The molecular formula is C31H25N7O7S. The number of aryl methyl sites for hydroxylation is 1. The first-order chi connectivity index (χ1) is 22.1. The molecule has 3 heterocycles. The number of nitrogens with two attached hydrogens (primary N) is 1. The molecule has 2 aromatic heterocycles. The van der Waals surface area contributed by atoms with E-state index < -0.39 is 28.6 Å². The van der Waals surface area contributed by atoms with E-state index in [1.54, 1.807) is 17.0 Å². The Morgan fingerprint density at radius 3 is 2.63 bits per heavy atom. The van der Waals surface area contributed by atoms with Crippen LogP contribution in [0.1, 0.15) is 71.6 Å². The predicted molar refractivity (Wildman–Crippen MR) is 166 cm³/mol. The van der Waals surface area contributed by atoms with Gasteiger partial charge in [-0.2, -0.15) is 0 Å². The average Bonchev–Trinajstić information content (AvgIpc) is 3.65. The van der Waals surface area contributed by atoms with E-state index in [4.69, 9.17) is 22.5 Å². The number of rotatable bonds is 7. The minimum Gasteiger partial charge on any atom is -0.478 e. The van der Waals surface area contributed by atoms with Crippen LogP contribution in [0.4, 0.5) is 11.4 Å². The molecule has 15 heteroatoms. The maximum atomic E-state index is 13.5. The third-order valence-corrected chi connectivity index (χ3v) is 8.79. The first-order valence-corrected chi connectivity index (χ1v) is 14.8. The van der Waals surface area contributed by atoms with Gasteiger partial charge in [0, 0.05) is 19.6 Å². The molecule has 0 bridgehead atoms. The minimum atomic E-state index is -1.02. The van der Waals surface area contributed by atoms with Crippen LogP contribution in [0, 0.1) is 4.84 Å². The quantitative estimate of drug-likeness (QED) is 0.149. The van der Waals surface area contributed by atoms with E-state index in [2.05, 4.69) is 20.8 Å². The second-order valence-corrected chi connectivity index (χ2v) is 11.6. The van der Waals surface area contributed by atoms with Gasteiger partial charge in [0.25, 0.3) is 28.4 Å². The molecule has 3 aromatic carbocycles. The topological polar surface area (TPSA) is 202 Å². The molecule has 0 fully saturated rings. The number of nitrogen functional groups attached to an aromatic ring is 1. The van der Waals surface area contributed by atoms with E-state index in [0.717, 1.165) is 27.8 Å². The molecule has 2 aliphatic rings. The van der Waals surface area contributed by atoms with Gasteiger partial charge in [0.1, 0.15) is 22.8 Å². The van der Waals surface area contributed by atoms with Crippen LogP contribution < -0.4 is 32.1 Å². The highest BCUT2D eigenvalue weighted by molar-refractivity contribution is 7.71. The number of carboxylic acid groups (broad SMARTS) is 1. The number of carbonyl (C=O) groups is 3. The van der Waals surface area contributed by atoms with Crippen LogP contribution in [0.25, 0.3) is 5.78 Å². The molecule has 0 unspecified atom stereocenters. The number of nitrogens with zero attached hydrogens (tertiary/aromatic N) is 4. The summed E-state index contributed by atoms with van der Waals surface area (Å²) in [6.07, 6.45) is 1.85. The van der Waals surface area contributed by atoms with Crippen molar-refractivity contribution in [3.05, 3.63) is 113 Å². The fourth-order valence-electron chi connectivity index (χ4n) is 6.17. The first kappa shape index (κ1) is 29.0. The molecular weight excluding hydrogens is 614 g/mol. The third kappa shape index (κ3) is 4.90. The monoisotopic (exact) mass is 639 g/mol. The molecule has 1 aliphatic carbocycles. The second-order valence-electron chi connectivity index (χ2n) is 11.3. The number of nitrogens with one attached hydrogen (secondary N) is 2. The lowest BCUT2D eigenvalue weighted by molar-refractivity contribution is 0.0696. The van der Waals surface area contributed by atoms with E-state index in [1.807, 2.05) is 18.2 Å². The number of benzene rings is 2. The number of hydrogen-bond donors (Lipinski definition) is 4. The third-order valence-electron chi connectivity index (χ3n) is 8.53. The summed E-state index contributed by atoms with van der Waals surface area (Å²) >= 11 is 5.22. The van der Waals surface area contributed by atoms with E-state index in [0.29, 0.717) is 32.4 Å². The Kier molecular flexibility index (Phi) is 6.96. The molecule has 5 aromatic rings. The summed E-state index contributed by atoms with van der Waals surface area (Å²) in [5.41, 5.74) is 9.39. The van der Waals surface area contributed by atoms with Crippen LogP contribution in [0.3, 0.4) is 0 Å². The van der Waals surface area contributed by atoms with Gasteiger partial charge < -0.3 is 30.9 Å². The van der Waals surface area contributed by atoms with Gasteiger partial charge in [0.2, 0.25) is 0 Å². The number of aromatic nitrogens is 3. The smallest absolute Gasteiger partial charge is 0.335 e. The summed E-state index contributed by atoms with van der Waals surface area (Å²) in [6.45, 7) is 1.09. The van der Waals surface area contributed by atoms with Crippen molar-refractivity contribution >= 4 is 47.2 Å². The predicted octanol–water partition coefficient (Wildman–Crippen LogP) is 1.84. The van der Waals surface area contributed by atoms with Crippen molar-refractivity contribution in [3.8, 4) is 0 Å². The zero-order valence-electron chi connectivity index (χ0n) is 24.0. The zero-order valence-corrected chi connectivity index (χ0v) is 24.8. The van der Waals surface area contributed by atoms with Crippen LogP contribution in [-0.2, 0) is 25.9 Å². The second kappa shape index (κ2) is 11.0. The normalized spacial score (nSPS) is 15.5. The molecule has 14 nitrogen and oxygen atoms in total. The van der Waals surface area contributed by atoms with Crippen LogP contribution in [0.5, 0.6) is 0 Å². The zero-order chi connectivity index (χ0) is 32.3. The van der Waals surface area contributed by atoms with Gasteiger partial charge in [-0.3, -0.25) is 19.2 Å². The summed E-state index contributed by atoms with van der Waals surface area (Å²) in [5.74, 6) is -2.18. The largest absolute Gasteiger partial charge is 0.478 e. The van der Waals surface area contributed by atoms with E-state index >= 15 is 0 Å². The van der Waals surface area contributed by atoms with Crippen LogP contribution in [-0.4, -0.2) is 44.0 Å². The highest BCUT2D eigenvalue weighted by atomic mass is 32.1. The van der Waals surface area contributed by atoms with Crippen LogP contribution >= 0.6 is 12.2 Å². The van der Waals surface area contributed by atoms with E-state index in [9.17, 15) is 29.1 Å². The molecule has 46 heavy (non-hydrogen) atoms. The van der Waals surface area contributed by atoms with Crippen molar-refractivity contribution in [2.75, 3.05) is 17.2 Å². The molecule has 0 radical (unpaired) electrons. The molecule has 7 rings (SSSR count). The molecule has 1 aliphatic heterocycles. The number of amides is 2. The van der Waals surface area contributed by atoms with Gasteiger partial charge >= 0.3 is 10.8 Å². The van der Waals surface area contributed by atoms with Crippen molar-refractivity contribution in [1.82, 2.24) is 25.2 Å². The maximum Gasteiger partial charge on any atom is 0.335 e. The van der Waals surface area contributed by atoms with Crippen LogP contribution in [0.15, 0.2) is 56.6 Å². The SMILES string of the molecule is Nc1c(N2CCc3ccc(CNC(=O)c4cc(C(=O)N[C@H]5CCc6cc(C(=O)O)ccc65)nc5noc(=S)n45)cc3C2)c(=O)c1=O. The van der Waals surface area contributed by atoms with Gasteiger partial charge in [-0.15, -0.1) is 0 Å². The van der Waals surface area contributed by atoms with Crippen molar-refractivity contribution in [2.24, 2.45) is 0 Å². The molecule has 1 atom stereocenters. The maximum absolute atomic E-state index is 13.5. The van der Waals surface area contributed by atoms with Gasteiger partial charge in [-0.1, -0.05) is 24.3 Å². The van der Waals surface area contributed by atoms with Crippen molar-refractivity contribution in [3.63, 3.8) is 0 Å². The fraction of sp³-hybridized carbons (Fsp3) is 0.226. The number of fused-ring (bicyclic) bond motifs is 3. The summed E-state index contributed by atoms with van der Waals surface area (Å²) < 4.78 is 6.32. The van der Waals surface area contributed by atoms with E-state index in [1.165, 1.54) is 16.5 Å². The number of anilines is 2. The summed E-state index contributed by atoms with van der Waals surface area (Å²) in [5, 5.41) is 18.9. The Morgan fingerprint density at radius 1 is 1.02 bits per heavy atom. The highest BCUT2D eigenvalue weighted by Gasteiger charge is 2.28. The molecule has 232 valence electrons. The Morgan fingerprint density at radius 2 is 1.85 bits per heavy atom. The average molecular weight is 640 g/mol. The van der Waals surface area contributed by atoms with Crippen molar-refractivity contribution < 1.29 is 24.0 Å². The van der Waals surface area contributed by atoms with E-state index in [-0.39, 0.29) is 51.5 Å². The standard InChI is InChI=1S/C31H25N7O7S/c32-23-24(26(40)25(23)39)37-8-7-15-2-1-14(9-18(15)13-37)12-33-28(42)22-11-21(35-30-36-45-31(46)38(22)30)27(41)34-20-6-4-16-10-17(29(43)44)3-5-19(16)20/h1-3,5,9-11,20H,4,6-8,12-13,32H2,(H,33,42)(H,34,41)(H,43,44)/t20-/m0/s1. The number of hydrogen-bond acceptors (Lipinski definition) is 11. The number of carboxylic acids is 1. The lowest BCUT2D eigenvalue weighted by Gasteiger charge is -2.32. The summed E-state index contributed by atoms with van der Waals surface area (Å²) in [4.78, 5) is 67.7. The molecule has 0 saturated carbocycles. The first-order valence-electron chi connectivity index (χ1n) is 14.4. The summed E-state index contributed by atoms with van der Waals surface area (Å²) in [6, 6.07) is 11.5. The van der Waals surface area contributed by atoms with Crippen LogP contribution in [0.2, 0.25) is 0 Å². The minimum absolute atomic E-state index is 0.000896. The van der Waals surface area contributed by atoms with Gasteiger partial charge in [-0.25, -0.2) is 14.2 Å². The lowest BCUT2D eigenvalue weighted by atomic mass is 9.96. The fourth-order valence-corrected chi connectivity index (χ4v) is 6.38.